The molecule has 0 amide bonds. The Bertz CT molecular complexity index is 151. The monoisotopic (exact) mass is 378 g/mol. The predicted octanol–water partition coefficient (Wildman–Crippen LogP) is -4.94. The van der Waals surface area contributed by atoms with Crippen molar-refractivity contribution in [3.8, 4) is 12.1 Å². The van der Waals surface area contributed by atoms with Crippen LogP contribution in [-0.2, 0) is 9.68 Å². The molecule has 0 aromatic carbocycles. The van der Waals surface area contributed by atoms with Gasteiger partial charge in [-0.25, -0.2) is 0 Å². The van der Waals surface area contributed by atoms with Crippen molar-refractivity contribution < 1.29 is 119 Å². The minimum Gasteiger partial charge on any atom is -1.00 e. The van der Waals surface area contributed by atoms with Gasteiger partial charge in [0.1, 0.15) is 0 Å². The molecule has 0 radical (unpaired) electrons. The third-order valence-corrected chi connectivity index (χ3v) is 0.598. The summed E-state index contributed by atoms with van der Waals surface area (Å²) < 4.78 is 0.595. The van der Waals surface area contributed by atoms with E-state index < -0.39 is 0 Å². The van der Waals surface area contributed by atoms with Gasteiger partial charge in [-0.2, -0.15) is 10.5 Å². The van der Waals surface area contributed by atoms with E-state index in [1.807, 2.05) is 41.7 Å². The first kappa shape index (κ1) is 36.0. The van der Waals surface area contributed by atoms with Crippen LogP contribution in [0.5, 0.6) is 0 Å². The van der Waals surface area contributed by atoms with Gasteiger partial charge in [0, 0.05) is 6.42 Å². The van der Waals surface area contributed by atoms with Crippen LogP contribution in [0.15, 0.2) is 0 Å². The van der Waals surface area contributed by atoms with Crippen LogP contribution in [0, 0.1) is 22.7 Å². The van der Waals surface area contributed by atoms with Crippen molar-refractivity contribution in [1.29, 1.82) is 10.5 Å². The van der Waals surface area contributed by atoms with E-state index in [0.717, 1.165) is 0 Å². The van der Waals surface area contributed by atoms with Gasteiger partial charge in [0.25, 0.3) is 6.47 Å². The Morgan fingerprint density at radius 3 is 1.67 bits per heavy atom. The van der Waals surface area contributed by atoms with Gasteiger partial charge in [-0.3, -0.25) is 4.79 Å². The fourth-order valence-corrected chi connectivity index (χ4v) is 0. The van der Waals surface area contributed by atoms with E-state index in [-0.39, 0.29) is 118 Å². The normalized spacial score (nSPS) is 4.07. The van der Waals surface area contributed by atoms with Crippen LogP contribution < -0.4 is 108 Å². The van der Waals surface area contributed by atoms with Crippen LogP contribution in [0.25, 0.3) is 0 Å². The molecule has 0 atom stereocenters. The number of halogens is 1. The van der Waals surface area contributed by atoms with Crippen molar-refractivity contribution >= 4 is 29.1 Å². The molecular formula is C7H13IK2N2O3. The first-order chi connectivity index (χ1) is 5.74. The summed E-state index contributed by atoms with van der Waals surface area (Å²) in [5.41, 5.74) is 0. The van der Waals surface area contributed by atoms with Crippen molar-refractivity contribution in [1.82, 2.24) is 0 Å². The first-order valence-corrected chi connectivity index (χ1v) is 4.29. The molecule has 5 nitrogen and oxygen atoms in total. The maximum absolute atomic E-state index is 8.64. The van der Waals surface area contributed by atoms with Crippen LogP contribution in [0.3, 0.4) is 0 Å². The second kappa shape index (κ2) is 55.1. The van der Waals surface area contributed by atoms with E-state index >= 15 is 0 Å². The number of alkyl halides is 1. The van der Waals surface area contributed by atoms with E-state index in [9.17, 15) is 0 Å². The summed E-state index contributed by atoms with van der Waals surface area (Å²) in [6, 6.07) is 3.85. The number of rotatable bonds is 1. The van der Waals surface area contributed by atoms with Crippen molar-refractivity contribution in [2.24, 2.45) is 0 Å². The standard InChI is InChI=1S/C3H5N.C2H2IN.CH2O3.CH4.2K.H/c1-2-3-4;3-1-2-4;2-1-4-3;;;;/h2H2,1H3;1H2;1,3H;1H4;;;/q;;;;2*+1;-1/p-1. The maximum Gasteiger partial charge on any atom is 1.00 e. The number of hydrogen-bond donors (Lipinski definition) is 0. The SMILES string of the molecule is C.CCC#N.N#CCI.O=CO[O-].[H-].[K+].[K+]. The van der Waals surface area contributed by atoms with E-state index in [1.54, 1.807) is 0 Å². The van der Waals surface area contributed by atoms with Crippen LogP contribution in [-0.4, -0.2) is 10.9 Å². The molecule has 0 bridgehead atoms. The second-order valence-corrected chi connectivity index (χ2v) is 1.76. The van der Waals surface area contributed by atoms with Gasteiger partial charge in [-0.05, 0) is 0 Å². The van der Waals surface area contributed by atoms with E-state index in [0.29, 0.717) is 10.8 Å². The average Bonchev–Trinajstić information content (AvgIpc) is 2.18. The largest absolute Gasteiger partial charge is 1.00 e. The van der Waals surface area contributed by atoms with Crippen molar-refractivity contribution in [3.05, 3.63) is 0 Å². The van der Waals surface area contributed by atoms with Crippen molar-refractivity contribution in [2.75, 3.05) is 4.43 Å². The van der Waals surface area contributed by atoms with Gasteiger partial charge >= 0.3 is 103 Å². The van der Waals surface area contributed by atoms with Gasteiger partial charge < -0.3 is 11.6 Å². The molecule has 0 aliphatic rings. The fraction of sp³-hybridized carbons (Fsp3) is 0.571. The maximum atomic E-state index is 8.64. The Kier molecular flexibility index (Phi) is 132. The van der Waals surface area contributed by atoms with Gasteiger partial charge in [0.05, 0.1) is 16.6 Å². The Morgan fingerprint density at radius 1 is 1.47 bits per heavy atom. The third-order valence-electron chi connectivity index (χ3n) is 0.257. The Balaban J connectivity index is -0.0000000135. The molecule has 0 rings (SSSR count). The van der Waals surface area contributed by atoms with Gasteiger partial charge in [0.15, 0.2) is 0 Å². The molecule has 0 aliphatic carbocycles. The summed E-state index contributed by atoms with van der Waals surface area (Å²) in [4.78, 5) is 11.2. The molecule has 0 saturated carbocycles. The summed E-state index contributed by atoms with van der Waals surface area (Å²) in [5, 5.41) is 23.7. The molecule has 0 saturated heterocycles. The quantitative estimate of drug-likeness (QED) is 0.114. The third kappa shape index (κ3) is 116. The zero-order chi connectivity index (χ0) is 10.2. The molecule has 0 heterocycles. The number of carbonyl (C=O) groups excluding carboxylic acids is 1. The fourth-order valence-electron chi connectivity index (χ4n) is 0. The summed E-state index contributed by atoms with van der Waals surface area (Å²) in [6.45, 7) is 1.64. The van der Waals surface area contributed by atoms with Gasteiger partial charge in [-0.15, -0.1) is 0 Å². The number of nitrogens with zero attached hydrogens (tertiary/aromatic N) is 2. The Hall–Kier alpha value is 2.41. The summed E-state index contributed by atoms with van der Waals surface area (Å²) in [7, 11) is 0. The number of carbonyl (C=O) groups is 1. The van der Waals surface area contributed by atoms with Crippen LogP contribution >= 0.6 is 22.6 Å². The van der Waals surface area contributed by atoms with Crippen molar-refractivity contribution in [2.45, 2.75) is 20.8 Å². The zero-order valence-electron chi connectivity index (χ0n) is 9.49. The minimum atomic E-state index is -0.181. The van der Waals surface area contributed by atoms with Crippen LogP contribution in [0.2, 0.25) is 0 Å². The molecule has 0 N–H and O–H groups in total. The summed E-state index contributed by atoms with van der Waals surface area (Å²) in [6.07, 6.45) is 0.625. The van der Waals surface area contributed by atoms with Gasteiger partial charge in [0.2, 0.25) is 0 Å². The predicted molar refractivity (Wildman–Crippen MR) is 55.4 cm³/mol. The molecule has 0 aromatic heterocycles. The molecule has 0 aromatic rings. The van der Waals surface area contributed by atoms with Crippen LogP contribution in [0.4, 0.5) is 0 Å². The average molecular weight is 378 g/mol. The van der Waals surface area contributed by atoms with E-state index in [4.69, 9.17) is 20.6 Å². The first-order valence-electron chi connectivity index (χ1n) is 2.77. The number of hydrogen-bond acceptors (Lipinski definition) is 5. The minimum absolute atomic E-state index is 0. The molecule has 8 heteroatoms. The van der Waals surface area contributed by atoms with Gasteiger partial charge in [-0.1, -0.05) is 36.9 Å². The molecule has 0 aliphatic heterocycles. The van der Waals surface area contributed by atoms with Crippen LogP contribution in [0.1, 0.15) is 22.2 Å². The number of nitriles is 2. The molecule has 15 heavy (non-hydrogen) atoms. The molecule has 78 valence electrons. The summed E-state index contributed by atoms with van der Waals surface area (Å²) >= 11 is 1.99. The summed E-state index contributed by atoms with van der Waals surface area (Å²) in [5.74, 6) is 0. The smallest absolute Gasteiger partial charge is 1.00 e. The molecular weight excluding hydrogens is 365 g/mol. The van der Waals surface area contributed by atoms with E-state index in [2.05, 4.69) is 4.89 Å². The van der Waals surface area contributed by atoms with Crippen molar-refractivity contribution in [3.63, 3.8) is 0 Å². The Labute approximate surface area is 191 Å². The zero-order valence-corrected chi connectivity index (χ0v) is 16.9. The topological polar surface area (TPSA) is 96.9 Å². The molecule has 0 spiro atoms. The van der Waals surface area contributed by atoms with E-state index in [1.165, 1.54) is 0 Å². The second-order valence-electron chi connectivity index (χ2n) is 0.996. The molecule has 0 fully saturated rings. The Morgan fingerprint density at radius 2 is 1.67 bits per heavy atom. The molecule has 0 unspecified atom stereocenters.